The van der Waals surface area contributed by atoms with Crippen LogP contribution in [0.5, 0.6) is 0 Å². The van der Waals surface area contributed by atoms with Crippen LogP contribution in [0.25, 0.3) is 0 Å². The van der Waals surface area contributed by atoms with Gasteiger partial charge in [-0.2, -0.15) is 5.10 Å². The van der Waals surface area contributed by atoms with Crippen LogP contribution in [-0.4, -0.2) is 11.7 Å². The molecule has 0 aromatic heterocycles. The summed E-state index contributed by atoms with van der Waals surface area (Å²) < 4.78 is 0. The zero-order valence-electron chi connectivity index (χ0n) is 7.13. The van der Waals surface area contributed by atoms with Crippen LogP contribution in [0.1, 0.15) is 20.8 Å². The molecule has 0 saturated heterocycles. The summed E-state index contributed by atoms with van der Waals surface area (Å²) in [7, 11) is 0. The summed E-state index contributed by atoms with van der Waals surface area (Å²) in [6, 6.07) is 0. The van der Waals surface area contributed by atoms with E-state index in [4.69, 9.17) is 11.5 Å². The first-order valence-electron chi connectivity index (χ1n) is 3.30. The van der Waals surface area contributed by atoms with Gasteiger partial charge >= 0.3 is 0 Å². The van der Waals surface area contributed by atoms with E-state index in [1.807, 2.05) is 26.8 Å². The lowest BCUT2D eigenvalue weighted by Gasteiger charge is -1.89. The number of guanidine groups is 1. The number of nitrogens with two attached hydrogens (primary N) is 2. The van der Waals surface area contributed by atoms with Crippen molar-refractivity contribution in [2.75, 3.05) is 0 Å². The second kappa shape index (κ2) is 4.49. The van der Waals surface area contributed by atoms with E-state index < -0.39 is 0 Å². The number of rotatable bonds is 2. The Morgan fingerprint density at radius 1 is 1.09 bits per heavy atom. The first kappa shape index (κ1) is 9.68. The molecule has 0 radical (unpaired) electrons. The Balaban J connectivity index is 4.25. The maximum atomic E-state index is 5.07. The molecule has 0 rings (SSSR count). The van der Waals surface area contributed by atoms with Crippen molar-refractivity contribution in [1.82, 2.24) is 0 Å². The molecule has 4 N–H and O–H groups in total. The molecule has 0 fully saturated rings. The van der Waals surface area contributed by atoms with Crippen molar-refractivity contribution in [2.24, 2.45) is 21.7 Å². The Bertz CT molecular complexity index is 204. The Morgan fingerprint density at radius 3 is 2.00 bits per heavy atom. The number of nitrogens with zero attached hydrogens (tertiary/aromatic N) is 2. The fourth-order valence-corrected chi connectivity index (χ4v) is 0.583. The summed E-state index contributed by atoms with van der Waals surface area (Å²) >= 11 is 0. The monoisotopic (exact) mass is 154 g/mol. The molecule has 4 nitrogen and oxygen atoms in total. The molecule has 0 aliphatic rings. The van der Waals surface area contributed by atoms with Crippen molar-refractivity contribution < 1.29 is 0 Å². The highest BCUT2D eigenvalue weighted by atomic mass is 15.3. The van der Waals surface area contributed by atoms with E-state index >= 15 is 0 Å². The summed E-state index contributed by atoms with van der Waals surface area (Å²) in [6.07, 6.45) is 1.90. The molecule has 62 valence electrons. The van der Waals surface area contributed by atoms with Gasteiger partial charge in [0.1, 0.15) is 0 Å². The van der Waals surface area contributed by atoms with Crippen LogP contribution in [0.15, 0.2) is 21.9 Å². The molecule has 0 aromatic carbocycles. The predicted molar refractivity (Wildman–Crippen MR) is 48.3 cm³/mol. The number of allylic oxidation sites excluding steroid dienone is 2. The molecule has 11 heavy (non-hydrogen) atoms. The maximum absolute atomic E-state index is 5.07. The lowest BCUT2D eigenvalue weighted by atomic mass is 10.3. The summed E-state index contributed by atoms with van der Waals surface area (Å²) in [5.41, 5.74) is 12.1. The fourth-order valence-electron chi connectivity index (χ4n) is 0.583. The van der Waals surface area contributed by atoms with Gasteiger partial charge < -0.3 is 11.5 Å². The van der Waals surface area contributed by atoms with Gasteiger partial charge in [0, 0.05) is 0 Å². The Morgan fingerprint density at radius 2 is 1.64 bits per heavy atom. The smallest absolute Gasteiger partial charge is 0.211 e. The average Bonchev–Trinajstić information content (AvgIpc) is 1.82. The van der Waals surface area contributed by atoms with Crippen molar-refractivity contribution >= 4 is 11.7 Å². The minimum absolute atomic E-state index is 0.0218. The summed E-state index contributed by atoms with van der Waals surface area (Å²) in [5.74, 6) is -0.0218. The zero-order valence-corrected chi connectivity index (χ0v) is 7.13. The van der Waals surface area contributed by atoms with E-state index in [0.717, 1.165) is 11.3 Å². The van der Waals surface area contributed by atoms with Gasteiger partial charge in [-0.25, -0.2) is 0 Å². The second-order valence-corrected chi connectivity index (χ2v) is 2.49. The molecular weight excluding hydrogens is 140 g/mol. The topological polar surface area (TPSA) is 76.8 Å². The van der Waals surface area contributed by atoms with Gasteiger partial charge in [-0.15, -0.1) is 5.10 Å². The summed E-state index contributed by atoms with van der Waals surface area (Å²) in [4.78, 5) is 0. The molecule has 0 unspecified atom stereocenters. The molecule has 0 heterocycles. The van der Waals surface area contributed by atoms with Gasteiger partial charge in [0.05, 0.1) is 5.71 Å². The third kappa shape index (κ3) is 6.57. The van der Waals surface area contributed by atoms with Crippen LogP contribution in [0.4, 0.5) is 0 Å². The Hall–Kier alpha value is -1.32. The van der Waals surface area contributed by atoms with Gasteiger partial charge in [0.25, 0.3) is 0 Å². The maximum Gasteiger partial charge on any atom is 0.211 e. The van der Waals surface area contributed by atoms with Crippen LogP contribution in [0.2, 0.25) is 0 Å². The van der Waals surface area contributed by atoms with Crippen molar-refractivity contribution in [3.05, 3.63) is 11.6 Å². The van der Waals surface area contributed by atoms with Crippen LogP contribution < -0.4 is 11.5 Å². The fraction of sp³-hybridized carbons (Fsp3) is 0.429. The van der Waals surface area contributed by atoms with E-state index in [0.29, 0.717) is 0 Å². The minimum atomic E-state index is -0.0218. The number of hydrogen-bond donors (Lipinski definition) is 2. The van der Waals surface area contributed by atoms with Crippen molar-refractivity contribution in [3.63, 3.8) is 0 Å². The van der Waals surface area contributed by atoms with Gasteiger partial charge in [-0.3, -0.25) is 0 Å². The average molecular weight is 154 g/mol. The zero-order chi connectivity index (χ0) is 8.85. The Labute approximate surface area is 66.7 Å². The third-order valence-corrected chi connectivity index (χ3v) is 0.821. The first-order chi connectivity index (χ1) is 5.02. The van der Waals surface area contributed by atoms with Crippen molar-refractivity contribution in [1.29, 1.82) is 0 Å². The van der Waals surface area contributed by atoms with E-state index in [1.165, 1.54) is 0 Å². The minimum Gasteiger partial charge on any atom is -0.369 e. The van der Waals surface area contributed by atoms with Gasteiger partial charge in [-0.1, -0.05) is 5.57 Å². The van der Waals surface area contributed by atoms with Crippen LogP contribution in [0, 0.1) is 0 Å². The molecule has 0 atom stereocenters. The van der Waals surface area contributed by atoms with Crippen LogP contribution >= 0.6 is 0 Å². The Kier molecular flexibility index (Phi) is 3.95. The van der Waals surface area contributed by atoms with Gasteiger partial charge in [0.15, 0.2) is 0 Å². The van der Waals surface area contributed by atoms with Crippen molar-refractivity contribution in [3.8, 4) is 0 Å². The molecular formula is C7H14N4. The second-order valence-electron chi connectivity index (χ2n) is 2.49. The van der Waals surface area contributed by atoms with Gasteiger partial charge in [0.2, 0.25) is 5.96 Å². The van der Waals surface area contributed by atoms with E-state index in [1.54, 1.807) is 0 Å². The molecule has 0 spiro atoms. The molecule has 4 heteroatoms. The molecule has 0 aromatic rings. The molecule has 0 aliphatic carbocycles. The molecule has 0 bridgehead atoms. The summed E-state index contributed by atoms with van der Waals surface area (Å²) in [5, 5.41) is 7.24. The predicted octanol–water partition coefficient (Wildman–Crippen LogP) is 0.602. The van der Waals surface area contributed by atoms with E-state index in [9.17, 15) is 0 Å². The molecule has 0 saturated carbocycles. The standard InChI is InChI=1S/C7H14N4/c1-5(2)4-6(3)10-11-7(8)9/h4H,1-3H3,(H4,8,9,11). The highest BCUT2D eigenvalue weighted by Gasteiger charge is 1.83. The van der Waals surface area contributed by atoms with Gasteiger partial charge in [-0.05, 0) is 26.8 Å². The van der Waals surface area contributed by atoms with E-state index in [2.05, 4.69) is 10.2 Å². The van der Waals surface area contributed by atoms with Crippen molar-refractivity contribution in [2.45, 2.75) is 20.8 Å². The largest absolute Gasteiger partial charge is 0.369 e. The lowest BCUT2D eigenvalue weighted by molar-refractivity contribution is 1.20. The molecule has 0 aliphatic heterocycles. The summed E-state index contributed by atoms with van der Waals surface area (Å²) in [6.45, 7) is 5.79. The quantitative estimate of drug-likeness (QED) is 0.347. The lowest BCUT2D eigenvalue weighted by Crippen LogP contribution is -2.21. The highest BCUT2D eigenvalue weighted by Crippen LogP contribution is 1.90. The molecule has 0 amide bonds. The number of hydrogen-bond acceptors (Lipinski definition) is 2. The normalized spacial score (nSPS) is 10.6. The first-order valence-corrected chi connectivity index (χ1v) is 3.30. The van der Waals surface area contributed by atoms with Crippen LogP contribution in [0.3, 0.4) is 0 Å². The third-order valence-electron chi connectivity index (χ3n) is 0.821. The SMILES string of the molecule is CC(C)=CC(C)=NN=C(N)N. The van der Waals surface area contributed by atoms with E-state index in [-0.39, 0.29) is 5.96 Å². The van der Waals surface area contributed by atoms with Crippen LogP contribution in [-0.2, 0) is 0 Å². The highest BCUT2D eigenvalue weighted by molar-refractivity contribution is 5.93.